The van der Waals surface area contributed by atoms with Crippen molar-refractivity contribution in [2.75, 3.05) is 5.75 Å². The fourth-order valence-electron chi connectivity index (χ4n) is 0.953. The van der Waals surface area contributed by atoms with Crippen molar-refractivity contribution < 1.29 is 5.11 Å². The molecule has 13 heavy (non-hydrogen) atoms. The molecule has 0 aliphatic carbocycles. The van der Waals surface area contributed by atoms with Gasteiger partial charge in [-0.3, -0.25) is 4.98 Å². The van der Waals surface area contributed by atoms with Gasteiger partial charge in [-0.25, -0.2) is 0 Å². The third kappa shape index (κ3) is 3.79. The average molecular weight is 197 g/mol. The number of aliphatic hydroxyl groups excluding tert-OH is 1. The summed E-state index contributed by atoms with van der Waals surface area (Å²) in [6, 6.07) is 3.75. The van der Waals surface area contributed by atoms with Crippen LogP contribution in [0.3, 0.4) is 0 Å². The Balaban J connectivity index is 2.44. The summed E-state index contributed by atoms with van der Waals surface area (Å²) in [4.78, 5) is 3.96. The Morgan fingerprint density at radius 3 is 2.85 bits per heavy atom. The molecule has 1 aromatic rings. The quantitative estimate of drug-likeness (QED) is 0.803. The lowest BCUT2D eigenvalue weighted by Gasteiger charge is -2.11. The molecule has 0 fully saturated rings. The number of hydrogen-bond acceptors (Lipinski definition) is 3. The molecule has 0 bridgehead atoms. The average Bonchev–Trinajstić information content (AvgIpc) is 2.15. The maximum atomic E-state index is 9.71. The number of thioether (sulfide) groups is 1. The molecular weight excluding hydrogens is 182 g/mol. The van der Waals surface area contributed by atoms with Gasteiger partial charge in [-0.15, -0.1) is 0 Å². The van der Waals surface area contributed by atoms with Crippen LogP contribution in [0, 0.1) is 0 Å². The summed E-state index contributed by atoms with van der Waals surface area (Å²) in [5.41, 5.74) is 0.899. The van der Waals surface area contributed by atoms with Gasteiger partial charge in [-0.1, -0.05) is 19.9 Å². The molecule has 0 radical (unpaired) electrons. The first-order valence-corrected chi connectivity index (χ1v) is 5.44. The minimum absolute atomic E-state index is 0.388. The largest absolute Gasteiger partial charge is 0.387 e. The van der Waals surface area contributed by atoms with Gasteiger partial charge in [-0.05, 0) is 16.9 Å². The maximum Gasteiger partial charge on any atom is 0.0895 e. The zero-order valence-corrected chi connectivity index (χ0v) is 8.79. The molecular formula is C10H15NOS. The van der Waals surface area contributed by atoms with E-state index >= 15 is 0 Å². The molecule has 1 unspecified atom stereocenters. The van der Waals surface area contributed by atoms with Crippen LogP contribution in [0.15, 0.2) is 24.5 Å². The van der Waals surface area contributed by atoms with Gasteiger partial charge in [0.2, 0.25) is 0 Å². The fraction of sp³-hybridized carbons (Fsp3) is 0.500. The number of rotatable bonds is 4. The third-order valence-corrected chi connectivity index (χ3v) is 2.83. The van der Waals surface area contributed by atoms with Crippen molar-refractivity contribution in [2.24, 2.45) is 0 Å². The Morgan fingerprint density at radius 1 is 1.54 bits per heavy atom. The summed E-state index contributed by atoms with van der Waals surface area (Å²) in [6.45, 7) is 4.25. The second-order valence-corrected chi connectivity index (χ2v) is 4.79. The lowest BCUT2D eigenvalue weighted by atomic mass is 10.2. The standard InChI is InChI=1S/C10H15NOS/c1-8(2)13-7-10(12)9-4-3-5-11-6-9/h3-6,8,10,12H,7H2,1-2H3. The number of pyridine rings is 1. The zero-order valence-electron chi connectivity index (χ0n) is 7.97. The first-order valence-electron chi connectivity index (χ1n) is 4.39. The van der Waals surface area contributed by atoms with E-state index in [1.165, 1.54) is 0 Å². The molecule has 1 atom stereocenters. The van der Waals surface area contributed by atoms with Crippen LogP contribution in [0.2, 0.25) is 0 Å². The van der Waals surface area contributed by atoms with Crippen molar-refractivity contribution in [3.8, 4) is 0 Å². The Bertz CT molecular complexity index is 238. The Hall–Kier alpha value is -0.540. The van der Waals surface area contributed by atoms with Gasteiger partial charge in [0.25, 0.3) is 0 Å². The highest BCUT2D eigenvalue weighted by molar-refractivity contribution is 7.99. The van der Waals surface area contributed by atoms with E-state index in [0.29, 0.717) is 5.25 Å². The molecule has 2 nitrogen and oxygen atoms in total. The minimum Gasteiger partial charge on any atom is -0.387 e. The summed E-state index contributed by atoms with van der Waals surface area (Å²) in [5, 5.41) is 10.3. The summed E-state index contributed by atoms with van der Waals surface area (Å²) >= 11 is 1.76. The highest BCUT2D eigenvalue weighted by Crippen LogP contribution is 2.19. The van der Waals surface area contributed by atoms with E-state index in [1.807, 2.05) is 12.1 Å². The van der Waals surface area contributed by atoms with Crippen LogP contribution in [-0.4, -0.2) is 21.1 Å². The predicted octanol–water partition coefficient (Wildman–Crippen LogP) is 2.26. The third-order valence-electron chi connectivity index (χ3n) is 1.66. The van der Waals surface area contributed by atoms with Crippen molar-refractivity contribution in [3.05, 3.63) is 30.1 Å². The van der Waals surface area contributed by atoms with E-state index in [1.54, 1.807) is 24.2 Å². The molecule has 0 saturated carbocycles. The van der Waals surface area contributed by atoms with Gasteiger partial charge < -0.3 is 5.11 Å². The molecule has 0 aromatic carbocycles. The van der Waals surface area contributed by atoms with Gasteiger partial charge in [0.15, 0.2) is 0 Å². The number of aromatic nitrogens is 1. The highest BCUT2D eigenvalue weighted by atomic mass is 32.2. The fourth-order valence-corrected chi connectivity index (χ4v) is 1.71. The van der Waals surface area contributed by atoms with Crippen LogP contribution < -0.4 is 0 Å². The topological polar surface area (TPSA) is 33.1 Å². The van der Waals surface area contributed by atoms with Gasteiger partial charge in [0, 0.05) is 18.1 Å². The lowest BCUT2D eigenvalue weighted by molar-refractivity contribution is 0.203. The molecule has 1 rings (SSSR count). The Kier molecular flexibility index (Phi) is 4.25. The Labute approximate surface area is 83.4 Å². The van der Waals surface area contributed by atoms with Gasteiger partial charge >= 0.3 is 0 Å². The summed E-state index contributed by atoms with van der Waals surface area (Å²) in [5.74, 6) is 0.739. The lowest BCUT2D eigenvalue weighted by Crippen LogP contribution is -2.03. The summed E-state index contributed by atoms with van der Waals surface area (Å²) < 4.78 is 0. The van der Waals surface area contributed by atoms with Crippen molar-refractivity contribution >= 4 is 11.8 Å². The SMILES string of the molecule is CC(C)SCC(O)c1cccnc1. The molecule has 1 heterocycles. The maximum absolute atomic E-state index is 9.71. The van der Waals surface area contributed by atoms with Crippen LogP contribution in [0.25, 0.3) is 0 Å². The van der Waals surface area contributed by atoms with E-state index in [4.69, 9.17) is 0 Å². The van der Waals surface area contributed by atoms with E-state index in [9.17, 15) is 5.11 Å². The molecule has 0 aliphatic rings. The molecule has 1 N–H and O–H groups in total. The number of nitrogens with zero attached hydrogens (tertiary/aromatic N) is 1. The predicted molar refractivity (Wildman–Crippen MR) is 56.8 cm³/mol. The van der Waals surface area contributed by atoms with Crippen LogP contribution >= 0.6 is 11.8 Å². The van der Waals surface area contributed by atoms with Crippen molar-refractivity contribution in [1.82, 2.24) is 4.98 Å². The normalized spacial score (nSPS) is 13.2. The van der Waals surface area contributed by atoms with E-state index in [2.05, 4.69) is 18.8 Å². The second-order valence-electron chi connectivity index (χ2n) is 3.18. The number of hydrogen-bond donors (Lipinski definition) is 1. The first-order chi connectivity index (χ1) is 6.20. The van der Waals surface area contributed by atoms with Crippen molar-refractivity contribution in [3.63, 3.8) is 0 Å². The van der Waals surface area contributed by atoms with Gasteiger partial charge in [-0.2, -0.15) is 11.8 Å². The minimum atomic E-state index is -0.388. The Morgan fingerprint density at radius 2 is 2.31 bits per heavy atom. The van der Waals surface area contributed by atoms with E-state index in [-0.39, 0.29) is 6.10 Å². The van der Waals surface area contributed by atoms with Crippen LogP contribution in [0.1, 0.15) is 25.5 Å². The van der Waals surface area contributed by atoms with Gasteiger partial charge in [0.05, 0.1) is 6.10 Å². The van der Waals surface area contributed by atoms with Crippen LogP contribution in [0.5, 0.6) is 0 Å². The molecule has 0 aliphatic heterocycles. The second kappa shape index (κ2) is 5.25. The molecule has 0 amide bonds. The zero-order chi connectivity index (χ0) is 9.68. The monoisotopic (exact) mass is 197 g/mol. The summed E-state index contributed by atoms with van der Waals surface area (Å²) in [7, 11) is 0. The van der Waals surface area contributed by atoms with E-state index < -0.39 is 0 Å². The van der Waals surface area contributed by atoms with Gasteiger partial charge in [0.1, 0.15) is 0 Å². The van der Waals surface area contributed by atoms with Crippen molar-refractivity contribution in [2.45, 2.75) is 25.2 Å². The van der Waals surface area contributed by atoms with Crippen molar-refractivity contribution in [1.29, 1.82) is 0 Å². The summed E-state index contributed by atoms with van der Waals surface area (Å²) in [6.07, 6.45) is 3.04. The molecule has 72 valence electrons. The van der Waals surface area contributed by atoms with Crippen LogP contribution in [-0.2, 0) is 0 Å². The molecule has 0 spiro atoms. The van der Waals surface area contributed by atoms with E-state index in [0.717, 1.165) is 11.3 Å². The first kappa shape index (κ1) is 10.5. The molecule has 1 aromatic heterocycles. The highest BCUT2D eigenvalue weighted by Gasteiger charge is 2.07. The smallest absolute Gasteiger partial charge is 0.0895 e. The molecule has 3 heteroatoms. The number of aliphatic hydroxyl groups is 1. The van der Waals surface area contributed by atoms with Crippen LogP contribution in [0.4, 0.5) is 0 Å². The molecule has 0 saturated heterocycles.